The van der Waals surface area contributed by atoms with Crippen LogP contribution in [0.2, 0.25) is 4.47 Å². The Labute approximate surface area is 64.9 Å². The van der Waals surface area contributed by atoms with Gasteiger partial charge in [-0.2, -0.15) is 0 Å². The first-order chi connectivity index (χ1) is 4.86. The predicted octanol–water partition coefficient (Wildman–Crippen LogP) is 1.13. The third-order valence-corrected chi connectivity index (χ3v) is 1.98. The largest absolute Gasteiger partial charge is 0.212 e. The lowest BCUT2D eigenvalue weighted by Gasteiger charge is -1.77. The van der Waals surface area contributed by atoms with Gasteiger partial charge >= 0.3 is 0 Å². The summed E-state index contributed by atoms with van der Waals surface area (Å²) in [5.41, 5.74) is 0.560. The highest BCUT2D eigenvalue weighted by atomic mass is 35.5. The van der Waals surface area contributed by atoms with Gasteiger partial charge in [-0.25, -0.2) is 9.97 Å². The molecule has 0 aliphatic carbocycles. The molecule has 0 radical (unpaired) electrons. The number of halogens is 1. The Morgan fingerprint density at radius 3 is 3.20 bits per heavy atom. The van der Waals surface area contributed by atoms with Crippen molar-refractivity contribution < 1.29 is 0 Å². The van der Waals surface area contributed by atoms with Gasteiger partial charge in [-0.05, 0) is 0 Å². The van der Waals surface area contributed by atoms with Gasteiger partial charge in [0.05, 0.1) is 0 Å². The van der Waals surface area contributed by atoms with Crippen molar-refractivity contribution in [2.24, 2.45) is 0 Å². The molecular weight excluding hydrogens is 172 g/mol. The molecule has 4 nitrogen and oxygen atoms in total. The molecule has 2 rings (SSSR count). The molecular formula is C4HClN4S. The van der Waals surface area contributed by atoms with Crippen LogP contribution in [0.4, 0.5) is 0 Å². The Morgan fingerprint density at radius 2 is 2.40 bits per heavy atom. The summed E-state index contributed by atoms with van der Waals surface area (Å²) < 4.78 is 0.447. The molecule has 2 aromatic rings. The van der Waals surface area contributed by atoms with Crippen LogP contribution in [0.25, 0.3) is 10.5 Å². The topological polar surface area (TPSA) is 51.6 Å². The van der Waals surface area contributed by atoms with Gasteiger partial charge in [-0.15, -0.1) is 10.2 Å². The fourth-order valence-electron chi connectivity index (χ4n) is 0.587. The van der Waals surface area contributed by atoms with Gasteiger partial charge in [0.1, 0.15) is 6.33 Å². The van der Waals surface area contributed by atoms with Crippen molar-refractivity contribution in [3.8, 4) is 0 Å². The van der Waals surface area contributed by atoms with E-state index in [1.54, 1.807) is 0 Å². The predicted molar refractivity (Wildman–Crippen MR) is 38.0 cm³/mol. The van der Waals surface area contributed by atoms with Crippen LogP contribution < -0.4 is 0 Å². The minimum Gasteiger partial charge on any atom is -0.212 e. The third kappa shape index (κ3) is 0.833. The Bertz CT molecular complexity index is 326. The second kappa shape index (κ2) is 2.10. The van der Waals surface area contributed by atoms with Gasteiger partial charge in [0, 0.05) is 0 Å². The Kier molecular flexibility index (Phi) is 1.25. The summed E-state index contributed by atoms with van der Waals surface area (Å²) in [5.74, 6) is 0. The molecule has 0 spiro atoms. The summed E-state index contributed by atoms with van der Waals surface area (Å²) in [6.45, 7) is 0. The molecule has 2 heterocycles. The molecule has 0 saturated carbocycles. The maximum atomic E-state index is 5.58. The number of fused-ring (bicyclic) bond motifs is 1. The van der Waals surface area contributed by atoms with Gasteiger partial charge < -0.3 is 0 Å². The molecule has 0 unspecified atom stereocenters. The second-order valence-corrected chi connectivity index (χ2v) is 3.12. The number of thiazole rings is 1. The van der Waals surface area contributed by atoms with Crippen molar-refractivity contribution in [2.45, 2.75) is 0 Å². The molecule has 2 aromatic heterocycles. The molecule has 10 heavy (non-hydrogen) atoms. The number of rotatable bonds is 0. The molecule has 0 aliphatic rings. The highest BCUT2D eigenvalue weighted by Crippen LogP contribution is 2.20. The molecule has 0 aromatic carbocycles. The number of hydrogen-bond acceptors (Lipinski definition) is 5. The fourth-order valence-corrected chi connectivity index (χ4v) is 1.46. The summed E-state index contributed by atoms with van der Waals surface area (Å²) in [6, 6.07) is 0. The van der Waals surface area contributed by atoms with Crippen LogP contribution in [0.3, 0.4) is 0 Å². The van der Waals surface area contributed by atoms with Crippen LogP contribution in [0.15, 0.2) is 6.33 Å². The van der Waals surface area contributed by atoms with Crippen LogP contribution >= 0.6 is 22.9 Å². The zero-order valence-corrected chi connectivity index (χ0v) is 6.22. The van der Waals surface area contributed by atoms with Crippen LogP contribution in [0.1, 0.15) is 0 Å². The molecule has 0 saturated heterocycles. The Hall–Kier alpha value is -0.810. The van der Waals surface area contributed by atoms with Gasteiger partial charge in [0.25, 0.3) is 0 Å². The standard InChI is InChI=1S/C4HClN4S/c5-4-8-2-3(10-4)9-7-1-6-2/h1H. The number of hydrogen-bond donors (Lipinski definition) is 0. The van der Waals surface area contributed by atoms with E-state index in [-0.39, 0.29) is 0 Å². The normalized spacial score (nSPS) is 10.5. The van der Waals surface area contributed by atoms with Crippen LogP contribution in [-0.2, 0) is 0 Å². The molecule has 0 bridgehead atoms. The zero-order valence-electron chi connectivity index (χ0n) is 4.65. The van der Waals surface area contributed by atoms with Crippen LogP contribution in [0, 0.1) is 0 Å². The lowest BCUT2D eigenvalue weighted by Crippen LogP contribution is -1.81. The van der Waals surface area contributed by atoms with Crippen molar-refractivity contribution >= 4 is 33.4 Å². The molecule has 0 amide bonds. The average Bonchev–Trinajstić information content (AvgIpc) is 2.27. The van der Waals surface area contributed by atoms with Gasteiger partial charge in [-0.3, -0.25) is 0 Å². The number of aromatic nitrogens is 4. The quantitative estimate of drug-likeness (QED) is 0.598. The maximum absolute atomic E-state index is 5.58. The molecule has 50 valence electrons. The molecule has 0 fully saturated rings. The van der Waals surface area contributed by atoms with E-state index in [0.29, 0.717) is 14.9 Å². The van der Waals surface area contributed by atoms with Crippen molar-refractivity contribution in [3.05, 3.63) is 10.8 Å². The van der Waals surface area contributed by atoms with E-state index in [4.69, 9.17) is 11.6 Å². The Balaban J connectivity index is 2.88. The lowest BCUT2D eigenvalue weighted by molar-refractivity contribution is 1.02. The van der Waals surface area contributed by atoms with E-state index in [1.165, 1.54) is 17.7 Å². The van der Waals surface area contributed by atoms with E-state index in [9.17, 15) is 0 Å². The average molecular weight is 173 g/mol. The van der Waals surface area contributed by atoms with Crippen LogP contribution in [0.5, 0.6) is 0 Å². The van der Waals surface area contributed by atoms with E-state index in [1.807, 2.05) is 0 Å². The van der Waals surface area contributed by atoms with Crippen molar-refractivity contribution in [1.82, 2.24) is 20.2 Å². The van der Waals surface area contributed by atoms with Crippen molar-refractivity contribution in [2.75, 3.05) is 0 Å². The summed E-state index contributed by atoms with van der Waals surface area (Å²) >= 11 is 6.85. The molecule has 0 atom stereocenters. The lowest BCUT2D eigenvalue weighted by atomic mass is 10.8. The third-order valence-electron chi connectivity index (χ3n) is 0.946. The summed E-state index contributed by atoms with van der Waals surface area (Å²) in [5, 5.41) is 7.34. The van der Waals surface area contributed by atoms with Gasteiger partial charge in [0.15, 0.2) is 14.9 Å². The highest BCUT2D eigenvalue weighted by Gasteiger charge is 2.01. The van der Waals surface area contributed by atoms with Gasteiger partial charge in [0.2, 0.25) is 0 Å². The first-order valence-electron chi connectivity index (χ1n) is 2.46. The minimum atomic E-state index is 0.447. The van der Waals surface area contributed by atoms with E-state index >= 15 is 0 Å². The molecule has 0 N–H and O–H groups in total. The monoisotopic (exact) mass is 172 g/mol. The molecule has 6 heteroatoms. The van der Waals surface area contributed by atoms with E-state index in [0.717, 1.165) is 0 Å². The smallest absolute Gasteiger partial charge is 0.194 e. The maximum Gasteiger partial charge on any atom is 0.194 e. The van der Waals surface area contributed by atoms with Crippen molar-refractivity contribution in [1.29, 1.82) is 0 Å². The molecule has 0 aliphatic heterocycles. The van der Waals surface area contributed by atoms with Crippen LogP contribution in [-0.4, -0.2) is 20.2 Å². The summed E-state index contributed by atoms with van der Waals surface area (Å²) in [6.07, 6.45) is 1.35. The SMILES string of the molecule is Clc1nc2ncnnc2s1. The zero-order chi connectivity index (χ0) is 6.97. The van der Waals surface area contributed by atoms with E-state index in [2.05, 4.69) is 20.2 Å². The fraction of sp³-hybridized carbons (Fsp3) is 0. The first kappa shape index (κ1) is 5.94. The number of nitrogens with zero attached hydrogens (tertiary/aromatic N) is 4. The summed E-state index contributed by atoms with van der Waals surface area (Å²) in [7, 11) is 0. The van der Waals surface area contributed by atoms with Gasteiger partial charge in [-0.1, -0.05) is 22.9 Å². The second-order valence-electron chi connectivity index (χ2n) is 1.56. The highest BCUT2D eigenvalue weighted by molar-refractivity contribution is 7.21. The Morgan fingerprint density at radius 1 is 1.50 bits per heavy atom. The minimum absolute atomic E-state index is 0.447. The van der Waals surface area contributed by atoms with Crippen molar-refractivity contribution in [3.63, 3.8) is 0 Å². The summed E-state index contributed by atoms with van der Waals surface area (Å²) in [4.78, 5) is 8.40. The van der Waals surface area contributed by atoms with E-state index < -0.39 is 0 Å². The first-order valence-corrected chi connectivity index (χ1v) is 3.65.